The Morgan fingerprint density at radius 3 is 2.82 bits per heavy atom. The molecule has 0 amide bonds. The van der Waals surface area contributed by atoms with Gasteiger partial charge >= 0.3 is 0 Å². The van der Waals surface area contributed by atoms with E-state index in [1.807, 2.05) is 48.3 Å². The number of aryl methyl sites for hydroxylation is 1. The van der Waals surface area contributed by atoms with E-state index in [1.165, 1.54) is 5.56 Å². The van der Waals surface area contributed by atoms with E-state index in [2.05, 4.69) is 28.4 Å². The van der Waals surface area contributed by atoms with Crippen LogP contribution in [-0.2, 0) is 23.6 Å². The second-order valence-electron chi connectivity index (χ2n) is 6.89. The van der Waals surface area contributed by atoms with Crippen molar-refractivity contribution in [3.8, 4) is 0 Å². The van der Waals surface area contributed by atoms with Gasteiger partial charge in [0.2, 0.25) is 0 Å². The zero-order chi connectivity index (χ0) is 19.1. The molecule has 8 heteroatoms. The van der Waals surface area contributed by atoms with Crippen molar-refractivity contribution in [2.45, 2.75) is 25.0 Å². The fraction of sp³-hybridized carbons (Fsp3) is 0.500. The predicted octanol–water partition coefficient (Wildman–Crippen LogP) is 2.74. The summed E-state index contributed by atoms with van der Waals surface area (Å²) in [5.41, 5.74) is 2.41. The first-order valence-corrected chi connectivity index (χ1v) is 11.0. The number of nitrogens with zero attached hydrogens (tertiary/aromatic N) is 4. The molecule has 1 saturated heterocycles. The van der Waals surface area contributed by atoms with Crippen molar-refractivity contribution >= 4 is 40.7 Å². The van der Waals surface area contributed by atoms with Crippen LogP contribution >= 0.6 is 24.0 Å². The highest BCUT2D eigenvalue weighted by molar-refractivity contribution is 14.0. The van der Waals surface area contributed by atoms with Crippen LogP contribution in [-0.4, -0.2) is 56.8 Å². The van der Waals surface area contributed by atoms with Crippen molar-refractivity contribution in [3.05, 3.63) is 53.9 Å². The second kappa shape index (κ2) is 11.5. The SMILES string of the molecule is CCNC(=NCCS(=O)Cc1ccccc1)N1CCC(c2cnn(C)c2)C1.I. The summed E-state index contributed by atoms with van der Waals surface area (Å²) in [6.07, 6.45) is 5.17. The third-order valence-electron chi connectivity index (χ3n) is 4.77. The first-order chi connectivity index (χ1) is 13.2. The van der Waals surface area contributed by atoms with Gasteiger partial charge in [0, 0.05) is 61.1 Å². The molecule has 0 saturated carbocycles. The number of guanidine groups is 1. The van der Waals surface area contributed by atoms with E-state index in [1.54, 1.807) is 0 Å². The fourth-order valence-corrected chi connectivity index (χ4v) is 4.39. The molecule has 3 rings (SSSR count). The maximum absolute atomic E-state index is 12.3. The van der Waals surface area contributed by atoms with Gasteiger partial charge in [-0.25, -0.2) is 0 Å². The molecule has 154 valence electrons. The Labute approximate surface area is 187 Å². The van der Waals surface area contributed by atoms with Crippen LogP contribution < -0.4 is 5.32 Å². The van der Waals surface area contributed by atoms with E-state index in [0.717, 1.165) is 37.6 Å². The minimum atomic E-state index is -0.891. The molecule has 2 heterocycles. The number of rotatable bonds is 7. The summed E-state index contributed by atoms with van der Waals surface area (Å²) < 4.78 is 14.2. The molecule has 1 aliphatic rings. The zero-order valence-corrected chi connectivity index (χ0v) is 19.7. The smallest absolute Gasteiger partial charge is 0.193 e. The van der Waals surface area contributed by atoms with Crippen LogP contribution in [0, 0.1) is 0 Å². The number of nitrogens with one attached hydrogen (secondary N) is 1. The molecule has 1 aliphatic heterocycles. The van der Waals surface area contributed by atoms with Gasteiger partial charge in [-0.15, -0.1) is 24.0 Å². The standard InChI is InChI=1S/C20H29N5OS.HI/c1-3-21-20(22-10-12-27(26)16-17-7-5-4-6-8-17)25-11-9-18(15-25)19-13-23-24(2)14-19;/h4-8,13-14,18H,3,9-12,15-16H2,1-2H3,(H,21,22);1H. The molecule has 2 aromatic rings. The van der Waals surface area contributed by atoms with Gasteiger partial charge in [0.05, 0.1) is 12.7 Å². The lowest BCUT2D eigenvalue weighted by molar-refractivity contribution is 0.487. The van der Waals surface area contributed by atoms with E-state index >= 15 is 0 Å². The summed E-state index contributed by atoms with van der Waals surface area (Å²) in [4.78, 5) is 7.03. The Morgan fingerprint density at radius 2 is 2.14 bits per heavy atom. The maximum Gasteiger partial charge on any atom is 0.193 e. The average Bonchev–Trinajstić information content (AvgIpc) is 3.31. The van der Waals surface area contributed by atoms with Crippen molar-refractivity contribution < 1.29 is 4.21 Å². The first-order valence-electron chi connectivity index (χ1n) is 9.56. The molecule has 0 aliphatic carbocycles. The Balaban J connectivity index is 0.00000280. The lowest BCUT2D eigenvalue weighted by Gasteiger charge is -2.21. The molecule has 2 atom stereocenters. The third kappa shape index (κ3) is 6.58. The molecule has 1 N–H and O–H groups in total. The Morgan fingerprint density at radius 1 is 1.36 bits per heavy atom. The Bertz CT molecular complexity index is 780. The summed E-state index contributed by atoms with van der Waals surface area (Å²) in [5.74, 6) is 2.61. The number of aromatic nitrogens is 2. The number of likely N-dealkylation sites (tertiary alicyclic amines) is 1. The number of halogens is 1. The van der Waals surface area contributed by atoms with Crippen LogP contribution in [0.4, 0.5) is 0 Å². The van der Waals surface area contributed by atoms with Crippen molar-refractivity contribution in [2.75, 3.05) is 31.9 Å². The summed E-state index contributed by atoms with van der Waals surface area (Å²) in [6.45, 7) is 5.43. The highest BCUT2D eigenvalue weighted by Crippen LogP contribution is 2.26. The molecule has 1 aromatic heterocycles. The van der Waals surface area contributed by atoms with Crippen LogP contribution in [0.25, 0.3) is 0 Å². The van der Waals surface area contributed by atoms with Crippen LogP contribution in [0.5, 0.6) is 0 Å². The van der Waals surface area contributed by atoms with E-state index in [0.29, 0.717) is 24.0 Å². The van der Waals surface area contributed by atoms with Crippen molar-refractivity contribution in [3.63, 3.8) is 0 Å². The van der Waals surface area contributed by atoms with Gasteiger partial charge in [0.25, 0.3) is 0 Å². The molecular formula is C20H30IN5OS. The van der Waals surface area contributed by atoms with E-state index < -0.39 is 10.8 Å². The summed E-state index contributed by atoms with van der Waals surface area (Å²) in [7, 11) is 1.06. The van der Waals surface area contributed by atoms with E-state index in [-0.39, 0.29) is 24.0 Å². The summed E-state index contributed by atoms with van der Waals surface area (Å²) in [5, 5.41) is 7.67. The zero-order valence-electron chi connectivity index (χ0n) is 16.6. The molecule has 6 nitrogen and oxygen atoms in total. The molecule has 0 bridgehead atoms. The number of aliphatic imine (C=N–C) groups is 1. The Hall–Kier alpha value is -1.42. The molecule has 1 fully saturated rings. The van der Waals surface area contributed by atoms with Crippen molar-refractivity contribution in [1.82, 2.24) is 20.0 Å². The molecular weight excluding hydrogens is 485 g/mol. The van der Waals surface area contributed by atoms with Crippen LogP contribution in [0.15, 0.2) is 47.7 Å². The number of benzene rings is 1. The predicted molar refractivity (Wildman–Crippen MR) is 127 cm³/mol. The normalized spacial score (nSPS) is 18.0. The van der Waals surface area contributed by atoms with Crippen molar-refractivity contribution in [2.24, 2.45) is 12.0 Å². The van der Waals surface area contributed by atoms with Gasteiger partial charge in [-0.2, -0.15) is 5.10 Å². The first kappa shape index (κ1) is 22.9. The number of hydrogen-bond donors (Lipinski definition) is 1. The van der Waals surface area contributed by atoms with E-state index in [4.69, 9.17) is 4.99 Å². The summed E-state index contributed by atoms with van der Waals surface area (Å²) in [6, 6.07) is 10.00. The monoisotopic (exact) mass is 515 g/mol. The quantitative estimate of drug-likeness (QED) is 0.350. The average molecular weight is 515 g/mol. The molecule has 28 heavy (non-hydrogen) atoms. The largest absolute Gasteiger partial charge is 0.357 e. The summed E-state index contributed by atoms with van der Waals surface area (Å²) >= 11 is 0. The lowest BCUT2D eigenvalue weighted by Crippen LogP contribution is -2.40. The highest BCUT2D eigenvalue weighted by Gasteiger charge is 2.26. The number of hydrogen-bond acceptors (Lipinski definition) is 3. The minimum absolute atomic E-state index is 0. The van der Waals surface area contributed by atoms with Gasteiger partial charge in [0.1, 0.15) is 0 Å². The van der Waals surface area contributed by atoms with E-state index in [9.17, 15) is 4.21 Å². The maximum atomic E-state index is 12.3. The molecule has 1 aromatic carbocycles. The van der Waals surface area contributed by atoms with Gasteiger partial charge in [0.15, 0.2) is 5.96 Å². The topological polar surface area (TPSA) is 62.5 Å². The molecule has 0 spiro atoms. The van der Waals surface area contributed by atoms with Gasteiger partial charge in [-0.3, -0.25) is 13.9 Å². The van der Waals surface area contributed by atoms with Gasteiger partial charge < -0.3 is 10.2 Å². The molecule has 2 unspecified atom stereocenters. The highest BCUT2D eigenvalue weighted by atomic mass is 127. The van der Waals surface area contributed by atoms with Crippen LogP contribution in [0.2, 0.25) is 0 Å². The van der Waals surface area contributed by atoms with Crippen molar-refractivity contribution in [1.29, 1.82) is 0 Å². The van der Waals surface area contributed by atoms with Gasteiger partial charge in [-0.1, -0.05) is 30.3 Å². The fourth-order valence-electron chi connectivity index (χ4n) is 3.39. The second-order valence-corrected chi connectivity index (χ2v) is 8.47. The molecule has 0 radical (unpaired) electrons. The lowest BCUT2D eigenvalue weighted by atomic mass is 10.0. The minimum Gasteiger partial charge on any atom is -0.357 e. The van der Waals surface area contributed by atoms with Crippen LogP contribution in [0.1, 0.15) is 30.4 Å². The third-order valence-corrected chi connectivity index (χ3v) is 6.06. The van der Waals surface area contributed by atoms with Gasteiger partial charge in [-0.05, 0) is 24.5 Å². The van der Waals surface area contributed by atoms with Crippen LogP contribution in [0.3, 0.4) is 0 Å². The Kier molecular flexibility index (Phi) is 9.43.